The molecule has 6 aromatic carbocycles. The molecule has 8 rings (SSSR count). The van der Waals surface area contributed by atoms with Gasteiger partial charge in [0.25, 0.3) is 0 Å². The van der Waals surface area contributed by atoms with Crippen LogP contribution in [0.15, 0.2) is 163 Å². The van der Waals surface area contributed by atoms with Crippen LogP contribution < -0.4 is 28.7 Å². The smallest absolute Gasteiger partial charge is 0.119 e. The van der Waals surface area contributed by atoms with Crippen LogP contribution in [0.3, 0.4) is 0 Å². The van der Waals surface area contributed by atoms with Crippen LogP contribution in [-0.2, 0) is 0 Å². The predicted octanol–water partition coefficient (Wildman–Crippen LogP) is 12.0. The first-order valence-electron chi connectivity index (χ1n) is 17.6. The van der Waals surface area contributed by atoms with E-state index in [-0.39, 0.29) is 0 Å². The van der Waals surface area contributed by atoms with E-state index in [4.69, 9.17) is 18.9 Å². The Kier molecular flexibility index (Phi) is 9.18. The Morgan fingerprint density at radius 2 is 0.755 bits per heavy atom. The number of fused-ring (bicyclic) bond motifs is 3. The van der Waals surface area contributed by atoms with Gasteiger partial charge >= 0.3 is 0 Å². The largest absolute Gasteiger partial charge is 0.497 e. The van der Waals surface area contributed by atoms with Gasteiger partial charge in [-0.15, -0.1) is 0 Å². The Labute approximate surface area is 311 Å². The molecule has 0 bridgehead atoms. The molecule has 2 aliphatic rings. The molecule has 0 amide bonds. The average Bonchev–Trinajstić information content (AvgIpc) is 3.85. The van der Waals surface area contributed by atoms with Gasteiger partial charge in [-0.25, -0.2) is 0 Å². The molecule has 0 N–H and O–H groups in total. The molecule has 0 spiro atoms. The van der Waals surface area contributed by atoms with Crippen molar-refractivity contribution in [1.82, 2.24) is 0 Å². The number of hydrogen-bond acceptors (Lipinski definition) is 6. The summed E-state index contributed by atoms with van der Waals surface area (Å²) in [4.78, 5) is 4.55. The quantitative estimate of drug-likeness (QED) is 0.134. The molecule has 0 aromatic heterocycles. The lowest BCUT2D eigenvalue weighted by Gasteiger charge is -2.26. The Morgan fingerprint density at radius 3 is 1.06 bits per heavy atom. The molecule has 0 saturated carbocycles. The Balaban J connectivity index is 1.27. The van der Waals surface area contributed by atoms with Crippen molar-refractivity contribution in [3.05, 3.63) is 174 Å². The van der Waals surface area contributed by atoms with E-state index in [1.807, 2.05) is 48.5 Å². The SMILES string of the molecule is COc1ccc(N(c2ccc(OC)cc2)c2ccc3c(c2)C(=CC2=CCC=C2)c2cc(N(c4ccc(OC)cc4)c4ccc(OC)cc4)ccc2-3)cc1. The van der Waals surface area contributed by atoms with Crippen LogP contribution in [0, 0.1) is 0 Å². The normalized spacial score (nSPS) is 12.5. The van der Waals surface area contributed by atoms with Gasteiger partial charge in [0.2, 0.25) is 0 Å². The summed E-state index contributed by atoms with van der Waals surface area (Å²) < 4.78 is 22.0. The highest BCUT2D eigenvalue weighted by Crippen LogP contribution is 2.50. The summed E-state index contributed by atoms with van der Waals surface area (Å²) in [6, 6.07) is 46.3. The molecule has 0 fully saturated rings. The third-order valence-electron chi connectivity index (χ3n) is 9.83. The zero-order valence-electron chi connectivity index (χ0n) is 30.2. The molecule has 0 saturated heterocycles. The van der Waals surface area contributed by atoms with E-state index in [1.54, 1.807) is 28.4 Å². The van der Waals surface area contributed by atoms with Crippen molar-refractivity contribution in [1.29, 1.82) is 0 Å². The topological polar surface area (TPSA) is 43.4 Å². The molecule has 0 heterocycles. The highest BCUT2D eigenvalue weighted by atomic mass is 16.5. The van der Waals surface area contributed by atoms with Crippen molar-refractivity contribution in [3.8, 4) is 34.1 Å². The van der Waals surface area contributed by atoms with Gasteiger partial charge in [0, 0.05) is 34.1 Å². The van der Waals surface area contributed by atoms with Crippen LogP contribution in [0.1, 0.15) is 17.5 Å². The monoisotopic (exact) mass is 696 g/mol. The summed E-state index contributed by atoms with van der Waals surface area (Å²) in [6.45, 7) is 0. The van der Waals surface area contributed by atoms with Gasteiger partial charge < -0.3 is 28.7 Å². The maximum atomic E-state index is 5.50. The average molecular weight is 697 g/mol. The number of rotatable bonds is 11. The van der Waals surface area contributed by atoms with Crippen LogP contribution in [-0.4, -0.2) is 28.4 Å². The second-order valence-electron chi connectivity index (χ2n) is 12.8. The van der Waals surface area contributed by atoms with Crippen LogP contribution >= 0.6 is 0 Å². The summed E-state index contributed by atoms with van der Waals surface area (Å²) in [7, 11) is 6.76. The number of anilines is 6. The maximum Gasteiger partial charge on any atom is 0.119 e. The summed E-state index contributed by atoms with van der Waals surface area (Å²) in [6.07, 6.45) is 9.96. The Morgan fingerprint density at radius 1 is 0.415 bits per heavy atom. The van der Waals surface area contributed by atoms with E-state index in [0.717, 1.165) is 63.5 Å². The molecular weight excluding hydrogens is 657 g/mol. The van der Waals surface area contributed by atoms with Gasteiger partial charge in [-0.3, -0.25) is 0 Å². The lowest BCUT2D eigenvalue weighted by molar-refractivity contribution is 0.414. The third-order valence-corrected chi connectivity index (χ3v) is 9.83. The fraction of sp³-hybridized carbons (Fsp3) is 0.106. The summed E-state index contributed by atoms with van der Waals surface area (Å²) in [5.74, 6) is 3.24. The fourth-order valence-electron chi connectivity index (χ4n) is 7.13. The minimum atomic E-state index is 0.810. The van der Waals surface area contributed by atoms with Crippen molar-refractivity contribution in [3.63, 3.8) is 0 Å². The van der Waals surface area contributed by atoms with Gasteiger partial charge in [-0.05, 0) is 167 Å². The summed E-state index contributed by atoms with van der Waals surface area (Å²) in [5, 5.41) is 0. The molecule has 6 aromatic rings. The molecule has 0 atom stereocenters. The van der Waals surface area contributed by atoms with Gasteiger partial charge in [-0.2, -0.15) is 0 Å². The first-order chi connectivity index (χ1) is 26.1. The van der Waals surface area contributed by atoms with Crippen molar-refractivity contribution >= 4 is 39.7 Å². The molecular formula is C47H40N2O4. The second-order valence-corrected chi connectivity index (χ2v) is 12.8. The van der Waals surface area contributed by atoms with Gasteiger partial charge in [0.1, 0.15) is 23.0 Å². The summed E-state index contributed by atoms with van der Waals surface area (Å²) in [5.41, 5.74) is 13.4. The molecule has 262 valence electrons. The Bertz CT molecular complexity index is 2090. The third kappa shape index (κ3) is 6.51. The predicted molar refractivity (Wildman–Crippen MR) is 216 cm³/mol. The van der Waals surface area contributed by atoms with Crippen LogP contribution in [0.5, 0.6) is 23.0 Å². The summed E-state index contributed by atoms with van der Waals surface area (Å²) >= 11 is 0. The van der Waals surface area contributed by atoms with E-state index in [2.05, 4.69) is 119 Å². The van der Waals surface area contributed by atoms with E-state index in [0.29, 0.717) is 0 Å². The van der Waals surface area contributed by atoms with Crippen LogP contribution in [0.2, 0.25) is 0 Å². The van der Waals surface area contributed by atoms with Crippen LogP contribution in [0.4, 0.5) is 34.1 Å². The van der Waals surface area contributed by atoms with Gasteiger partial charge in [0.05, 0.1) is 28.4 Å². The molecule has 0 aliphatic heterocycles. The van der Waals surface area contributed by atoms with Crippen molar-refractivity contribution in [2.75, 3.05) is 38.2 Å². The molecule has 0 radical (unpaired) electrons. The lowest BCUT2D eigenvalue weighted by atomic mass is 10.00. The van der Waals surface area contributed by atoms with E-state index in [1.165, 1.54) is 33.4 Å². The molecule has 0 unspecified atom stereocenters. The molecule has 6 nitrogen and oxygen atoms in total. The highest BCUT2D eigenvalue weighted by Gasteiger charge is 2.27. The number of nitrogens with zero attached hydrogens (tertiary/aromatic N) is 2. The molecule has 6 heteroatoms. The number of hydrogen-bond donors (Lipinski definition) is 0. The van der Waals surface area contributed by atoms with Gasteiger partial charge in [-0.1, -0.05) is 30.4 Å². The second kappa shape index (κ2) is 14.5. The number of allylic oxidation sites excluding steroid dienone is 5. The van der Waals surface area contributed by atoms with Crippen molar-refractivity contribution in [2.45, 2.75) is 6.42 Å². The van der Waals surface area contributed by atoms with Crippen molar-refractivity contribution in [2.24, 2.45) is 0 Å². The maximum absolute atomic E-state index is 5.50. The Hall–Kier alpha value is -6.66. The molecule has 53 heavy (non-hydrogen) atoms. The van der Waals surface area contributed by atoms with Crippen LogP contribution in [0.25, 0.3) is 16.7 Å². The zero-order chi connectivity index (χ0) is 36.3. The minimum Gasteiger partial charge on any atom is -0.497 e. The van der Waals surface area contributed by atoms with Crippen molar-refractivity contribution < 1.29 is 18.9 Å². The first-order valence-corrected chi connectivity index (χ1v) is 17.6. The standard InChI is InChI=1S/C47H40N2O4/c1-50-39-19-9-33(10-20-39)48(34-11-21-40(51-2)22-12-34)37-17-27-43-44-28-18-38(31-47(44)45(46(43)30-37)29-32-7-5-6-8-32)49(35-13-23-41(52-3)24-14-35)36-15-25-42(53-4)26-16-36/h5,7-31H,6H2,1-4H3. The molecule has 2 aliphatic carbocycles. The first kappa shape index (κ1) is 33.5. The highest BCUT2D eigenvalue weighted by molar-refractivity contribution is 6.04. The van der Waals surface area contributed by atoms with E-state index < -0.39 is 0 Å². The minimum absolute atomic E-state index is 0.810. The number of benzene rings is 6. The fourth-order valence-corrected chi connectivity index (χ4v) is 7.13. The number of ether oxygens (including phenoxy) is 4. The van der Waals surface area contributed by atoms with E-state index in [9.17, 15) is 0 Å². The zero-order valence-corrected chi connectivity index (χ0v) is 30.2. The number of methoxy groups -OCH3 is 4. The lowest BCUT2D eigenvalue weighted by Crippen LogP contribution is -2.10. The van der Waals surface area contributed by atoms with Gasteiger partial charge in [0.15, 0.2) is 0 Å². The van der Waals surface area contributed by atoms with E-state index >= 15 is 0 Å².